The highest BCUT2D eigenvalue weighted by Crippen LogP contribution is 2.41. The van der Waals surface area contributed by atoms with Gasteiger partial charge in [0, 0.05) is 11.9 Å². The molecule has 5 nitrogen and oxygen atoms in total. The quantitative estimate of drug-likeness (QED) is 0.668. The van der Waals surface area contributed by atoms with E-state index in [0.717, 1.165) is 18.4 Å². The van der Waals surface area contributed by atoms with Crippen LogP contribution >= 0.6 is 0 Å². The van der Waals surface area contributed by atoms with Gasteiger partial charge in [-0.1, -0.05) is 42.5 Å². The van der Waals surface area contributed by atoms with E-state index in [2.05, 4.69) is 10.7 Å². The molecule has 3 aromatic rings. The highest BCUT2D eigenvalue weighted by Gasteiger charge is 2.34. The van der Waals surface area contributed by atoms with Crippen LogP contribution in [0.15, 0.2) is 53.3 Å². The summed E-state index contributed by atoms with van der Waals surface area (Å²) in [6.45, 7) is 4.02. The number of fused-ring (bicyclic) bond motifs is 1. The van der Waals surface area contributed by atoms with Crippen molar-refractivity contribution in [1.82, 2.24) is 9.99 Å². The van der Waals surface area contributed by atoms with Gasteiger partial charge in [-0.25, -0.2) is 9.07 Å². The maximum Gasteiger partial charge on any atom is 0.279 e. The molecule has 1 heterocycles. The maximum atomic E-state index is 14.5. The number of aromatic nitrogens is 1. The smallest absolute Gasteiger partial charge is 0.279 e. The SMILES string of the molecule is CCNn1c(C)c(C(=O)N[C@H](c2ccccc2)C2CC2)c2cccc(F)c2c1=O. The summed E-state index contributed by atoms with van der Waals surface area (Å²) in [5, 5.41) is 3.41. The third-order valence-electron chi connectivity index (χ3n) is 5.48. The van der Waals surface area contributed by atoms with E-state index in [1.807, 2.05) is 37.3 Å². The van der Waals surface area contributed by atoms with E-state index >= 15 is 0 Å². The minimum atomic E-state index is -0.630. The lowest BCUT2D eigenvalue weighted by Gasteiger charge is -2.22. The Labute approximate surface area is 168 Å². The zero-order valence-electron chi connectivity index (χ0n) is 16.5. The number of hydrogen-bond donors (Lipinski definition) is 2. The molecule has 1 aromatic heterocycles. The number of hydrogen-bond acceptors (Lipinski definition) is 3. The summed E-state index contributed by atoms with van der Waals surface area (Å²) >= 11 is 0. The van der Waals surface area contributed by atoms with Gasteiger partial charge >= 0.3 is 0 Å². The van der Waals surface area contributed by atoms with Gasteiger partial charge in [0.15, 0.2) is 0 Å². The van der Waals surface area contributed by atoms with E-state index in [-0.39, 0.29) is 17.3 Å². The molecule has 0 aliphatic heterocycles. The molecule has 0 spiro atoms. The van der Waals surface area contributed by atoms with Crippen molar-refractivity contribution in [2.75, 3.05) is 12.0 Å². The largest absolute Gasteiger partial charge is 0.345 e. The van der Waals surface area contributed by atoms with Crippen LogP contribution in [0.25, 0.3) is 10.8 Å². The van der Waals surface area contributed by atoms with Gasteiger partial charge in [0.1, 0.15) is 5.82 Å². The number of halogens is 1. The first-order chi connectivity index (χ1) is 14.0. The van der Waals surface area contributed by atoms with E-state index in [0.29, 0.717) is 29.1 Å². The van der Waals surface area contributed by atoms with Crippen LogP contribution in [0.5, 0.6) is 0 Å². The molecular formula is C23H24FN3O2. The van der Waals surface area contributed by atoms with Crippen molar-refractivity contribution in [3.05, 3.63) is 81.5 Å². The number of amides is 1. The highest BCUT2D eigenvalue weighted by atomic mass is 19.1. The van der Waals surface area contributed by atoms with Gasteiger partial charge in [0.2, 0.25) is 0 Å². The third-order valence-corrected chi connectivity index (χ3v) is 5.48. The molecule has 2 aromatic carbocycles. The molecule has 0 saturated heterocycles. The van der Waals surface area contributed by atoms with Crippen LogP contribution in [-0.2, 0) is 0 Å². The Balaban J connectivity index is 1.83. The number of rotatable bonds is 6. The van der Waals surface area contributed by atoms with Crippen molar-refractivity contribution in [3.8, 4) is 0 Å². The van der Waals surface area contributed by atoms with Gasteiger partial charge in [0.05, 0.1) is 22.7 Å². The van der Waals surface area contributed by atoms with E-state index in [4.69, 9.17) is 0 Å². The predicted octanol–water partition coefficient (Wildman–Crippen LogP) is 3.89. The lowest BCUT2D eigenvalue weighted by molar-refractivity contribution is 0.0932. The molecular weight excluding hydrogens is 369 g/mol. The van der Waals surface area contributed by atoms with Crippen LogP contribution < -0.4 is 16.3 Å². The molecule has 1 aliphatic carbocycles. The number of carbonyl (C=O) groups excluding carboxylic acids is 1. The molecule has 29 heavy (non-hydrogen) atoms. The van der Waals surface area contributed by atoms with Crippen molar-refractivity contribution in [2.45, 2.75) is 32.7 Å². The molecule has 150 valence electrons. The Kier molecular flexibility index (Phi) is 5.09. The Morgan fingerprint density at radius 2 is 1.90 bits per heavy atom. The summed E-state index contributed by atoms with van der Waals surface area (Å²) in [7, 11) is 0. The van der Waals surface area contributed by atoms with Crippen LogP contribution in [0.3, 0.4) is 0 Å². The topological polar surface area (TPSA) is 63.1 Å². The number of nitrogens with zero attached hydrogens (tertiary/aromatic N) is 1. The average Bonchev–Trinajstić information content (AvgIpc) is 3.55. The van der Waals surface area contributed by atoms with Crippen molar-refractivity contribution in [1.29, 1.82) is 0 Å². The van der Waals surface area contributed by atoms with Gasteiger partial charge in [0.25, 0.3) is 11.5 Å². The molecule has 1 fully saturated rings. The molecule has 0 unspecified atom stereocenters. The molecule has 2 N–H and O–H groups in total. The normalized spacial score (nSPS) is 14.6. The lowest BCUT2D eigenvalue weighted by Crippen LogP contribution is -2.36. The van der Waals surface area contributed by atoms with Gasteiger partial charge < -0.3 is 10.7 Å². The van der Waals surface area contributed by atoms with Crippen molar-refractivity contribution in [3.63, 3.8) is 0 Å². The summed E-state index contributed by atoms with van der Waals surface area (Å²) in [6.07, 6.45) is 2.12. The van der Waals surface area contributed by atoms with Crippen molar-refractivity contribution < 1.29 is 9.18 Å². The van der Waals surface area contributed by atoms with Crippen LogP contribution in [0.1, 0.15) is 47.4 Å². The van der Waals surface area contributed by atoms with Crippen LogP contribution in [0.4, 0.5) is 4.39 Å². The zero-order valence-corrected chi connectivity index (χ0v) is 16.5. The van der Waals surface area contributed by atoms with Gasteiger partial charge in [-0.3, -0.25) is 9.59 Å². The van der Waals surface area contributed by atoms with E-state index < -0.39 is 11.4 Å². The Hall–Kier alpha value is -3.15. The van der Waals surface area contributed by atoms with E-state index in [1.165, 1.54) is 16.8 Å². The summed E-state index contributed by atoms with van der Waals surface area (Å²) < 4.78 is 15.8. The molecule has 1 aliphatic rings. The number of carbonyl (C=O) groups is 1. The second-order valence-electron chi connectivity index (χ2n) is 7.47. The summed E-state index contributed by atoms with van der Waals surface area (Å²) in [5.41, 5.74) is 4.29. The van der Waals surface area contributed by atoms with Crippen molar-refractivity contribution in [2.24, 2.45) is 5.92 Å². The first-order valence-electron chi connectivity index (χ1n) is 9.96. The van der Waals surface area contributed by atoms with E-state index in [9.17, 15) is 14.0 Å². The maximum absolute atomic E-state index is 14.5. The molecule has 4 rings (SSSR count). The summed E-state index contributed by atoms with van der Waals surface area (Å²) in [4.78, 5) is 26.2. The highest BCUT2D eigenvalue weighted by molar-refractivity contribution is 6.08. The van der Waals surface area contributed by atoms with Crippen LogP contribution in [0.2, 0.25) is 0 Å². The second kappa shape index (κ2) is 7.70. The van der Waals surface area contributed by atoms with Crippen LogP contribution in [-0.4, -0.2) is 17.1 Å². The monoisotopic (exact) mass is 393 g/mol. The fourth-order valence-electron chi connectivity index (χ4n) is 3.93. The second-order valence-corrected chi connectivity index (χ2v) is 7.47. The lowest BCUT2D eigenvalue weighted by atomic mass is 9.99. The van der Waals surface area contributed by atoms with Crippen molar-refractivity contribution >= 4 is 16.7 Å². The van der Waals surface area contributed by atoms with Gasteiger partial charge in [-0.15, -0.1) is 0 Å². The molecule has 0 bridgehead atoms. The minimum absolute atomic E-state index is 0.0770. The van der Waals surface area contributed by atoms with Gasteiger partial charge in [-0.05, 0) is 44.2 Å². The molecule has 0 radical (unpaired) electrons. The standard InChI is InChI=1S/C23H24FN3O2/c1-3-25-27-14(2)19(17-10-7-11-18(24)20(17)23(27)29)22(28)26-21(16-12-13-16)15-8-5-4-6-9-15/h4-11,16,21,25H,3,12-13H2,1-2H3,(H,26,28)/t21-/m1/s1. The number of benzene rings is 2. The molecule has 6 heteroatoms. The zero-order chi connectivity index (χ0) is 20.5. The Morgan fingerprint density at radius 3 is 2.55 bits per heavy atom. The fourth-order valence-corrected chi connectivity index (χ4v) is 3.93. The first-order valence-corrected chi connectivity index (χ1v) is 9.96. The average molecular weight is 393 g/mol. The fraction of sp³-hybridized carbons (Fsp3) is 0.304. The van der Waals surface area contributed by atoms with Crippen LogP contribution in [0, 0.1) is 18.7 Å². The summed E-state index contributed by atoms with van der Waals surface area (Å²) in [5.74, 6) is -0.537. The Morgan fingerprint density at radius 1 is 1.17 bits per heavy atom. The molecule has 1 amide bonds. The van der Waals surface area contributed by atoms with Gasteiger partial charge in [-0.2, -0.15) is 0 Å². The number of nitrogens with one attached hydrogen (secondary N) is 2. The minimum Gasteiger partial charge on any atom is -0.345 e. The first kappa shape index (κ1) is 19.2. The molecule has 1 saturated carbocycles. The summed E-state index contributed by atoms with van der Waals surface area (Å²) in [6, 6.07) is 14.2. The number of pyridine rings is 1. The van der Waals surface area contributed by atoms with E-state index in [1.54, 1.807) is 13.0 Å². The third kappa shape index (κ3) is 3.50. The molecule has 1 atom stereocenters. The predicted molar refractivity (Wildman–Crippen MR) is 112 cm³/mol. The Bertz CT molecular complexity index is 1120.